The molecule has 1 aliphatic rings. The molecule has 0 unspecified atom stereocenters. The molecule has 0 aliphatic heterocycles. The molecule has 3 nitrogen and oxygen atoms in total. The highest BCUT2D eigenvalue weighted by molar-refractivity contribution is 6.09. The van der Waals surface area contributed by atoms with Gasteiger partial charge in [-0.3, -0.25) is 9.59 Å². The summed E-state index contributed by atoms with van der Waals surface area (Å²) in [4.78, 5) is 22.1. The fraction of sp³-hybridized carbons (Fsp3) is 0.500. The summed E-state index contributed by atoms with van der Waals surface area (Å²) < 4.78 is 4.80. The molecule has 11 heavy (non-hydrogen) atoms. The number of hydrogen-bond acceptors (Lipinski definition) is 3. The van der Waals surface area contributed by atoms with E-state index >= 15 is 0 Å². The maximum absolute atomic E-state index is 11.0. The maximum atomic E-state index is 11.0. The van der Waals surface area contributed by atoms with Crippen LogP contribution in [0.3, 0.4) is 0 Å². The van der Waals surface area contributed by atoms with E-state index < -0.39 is 0 Å². The third-order valence-corrected chi connectivity index (χ3v) is 1.80. The molecule has 0 heterocycles. The zero-order valence-electron chi connectivity index (χ0n) is 6.64. The van der Waals surface area contributed by atoms with E-state index in [4.69, 9.17) is 4.74 Å². The van der Waals surface area contributed by atoms with Crippen molar-refractivity contribution in [2.75, 3.05) is 7.11 Å². The molecule has 0 fully saturated rings. The molecule has 0 radical (unpaired) electrons. The van der Waals surface area contributed by atoms with E-state index in [1.165, 1.54) is 7.11 Å². The van der Waals surface area contributed by atoms with Gasteiger partial charge in [0.05, 0.1) is 7.11 Å². The molecule has 0 saturated carbocycles. The summed E-state index contributed by atoms with van der Waals surface area (Å²) in [5, 5.41) is 0. The van der Waals surface area contributed by atoms with Crippen LogP contribution in [0.4, 0.5) is 0 Å². The molecule has 60 valence electrons. The lowest BCUT2D eigenvalue weighted by atomic mass is 9.97. The number of carbonyl (C=O) groups excluding carboxylic acids is 2. The van der Waals surface area contributed by atoms with Crippen LogP contribution in [-0.4, -0.2) is 18.7 Å². The molecule has 0 N–H and O–H groups in total. The molecule has 0 saturated heterocycles. The molecule has 0 aromatic carbocycles. The Labute approximate surface area is 65.0 Å². The van der Waals surface area contributed by atoms with E-state index in [1.807, 2.05) is 0 Å². The fourth-order valence-corrected chi connectivity index (χ4v) is 1.13. The normalized spacial score (nSPS) is 19.1. The van der Waals surface area contributed by atoms with Crippen LogP contribution in [0.1, 0.15) is 19.8 Å². The Morgan fingerprint density at radius 3 is 2.18 bits per heavy atom. The zero-order chi connectivity index (χ0) is 8.43. The van der Waals surface area contributed by atoms with Crippen molar-refractivity contribution in [2.45, 2.75) is 19.8 Å². The first-order chi connectivity index (χ1) is 5.16. The summed E-state index contributed by atoms with van der Waals surface area (Å²) in [6, 6.07) is 0. The largest absolute Gasteiger partial charge is 0.493 e. The van der Waals surface area contributed by atoms with E-state index in [2.05, 4.69) is 0 Å². The fourth-order valence-electron chi connectivity index (χ4n) is 1.13. The number of hydrogen-bond donors (Lipinski definition) is 0. The molecular weight excluding hydrogens is 144 g/mol. The summed E-state index contributed by atoms with van der Waals surface area (Å²) in [5.41, 5.74) is 0.462. The average Bonchev–Trinajstić information content (AvgIpc) is 1.99. The molecular formula is C8H10O3. The monoisotopic (exact) mass is 154 g/mol. The van der Waals surface area contributed by atoms with Crippen LogP contribution in [0.5, 0.6) is 0 Å². The number of Topliss-reactive ketones (excluding diaryl/α,β-unsaturated/α-hetero) is 2. The van der Waals surface area contributed by atoms with Crippen molar-refractivity contribution in [1.82, 2.24) is 0 Å². The Kier molecular flexibility index (Phi) is 2.08. The maximum Gasteiger partial charge on any atom is 0.198 e. The van der Waals surface area contributed by atoms with Gasteiger partial charge in [-0.05, 0) is 6.92 Å². The lowest BCUT2D eigenvalue weighted by molar-refractivity contribution is -0.124. The molecule has 1 rings (SSSR count). The van der Waals surface area contributed by atoms with E-state index in [1.54, 1.807) is 6.92 Å². The van der Waals surface area contributed by atoms with Gasteiger partial charge in [-0.2, -0.15) is 0 Å². The summed E-state index contributed by atoms with van der Waals surface area (Å²) >= 11 is 0. The first-order valence-electron chi connectivity index (χ1n) is 3.48. The van der Waals surface area contributed by atoms with Gasteiger partial charge in [0.15, 0.2) is 17.3 Å². The van der Waals surface area contributed by atoms with Crippen molar-refractivity contribution in [3.8, 4) is 0 Å². The van der Waals surface area contributed by atoms with Gasteiger partial charge in [0.25, 0.3) is 0 Å². The Hall–Kier alpha value is -1.12. The standard InChI is InChI=1S/C8H10O3/c1-5-6(9)3-4-7(10)8(5)11-2/h3-4H2,1-2H3. The number of ether oxygens (including phenoxy) is 1. The highest BCUT2D eigenvalue weighted by Crippen LogP contribution is 2.18. The number of ketones is 2. The molecule has 1 aliphatic carbocycles. The Bertz CT molecular complexity index is 238. The number of allylic oxidation sites excluding steroid dienone is 2. The predicted molar refractivity (Wildman–Crippen MR) is 39.0 cm³/mol. The van der Waals surface area contributed by atoms with Gasteiger partial charge in [0.1, 0.15) is 0 Å². The van der Waals surface area contributed by atoms with Gasteiger partial charge in [-0.25, -0.2) is 0 Å². The van der Waals surface area contributed by atoms with E-state index in [0.29, 0.717) is 18.4 Å². The van der Waals surface area contributed by atoms with E-state index in [-0.39, 0.29) is 17.3 Å². The van der Waals surface area contributed by atoms with Gasteiger partial charge >= 0.3 is 0 Å². The topological polar surface area (TPSA) is 43.4 Å². The molecule has 0 bridgehead atoms. The molecule has 0 aromatic heterocycles. The van der Waals surface area contributed by atoms with E-state index in [0.717, 1.165) is 0 Å². The van der Waals surface area contributed by atoms with Gasteiger partial charge in [0.2, 0.25) is 0 Å². The molecule has 0 aromatic rings. The first-order valence-corrected chi connectivity index (χ1v) is 3.48. The van der Waals surface area contributed by atoms with Crippen molar-refractivity contribution >= 4 is 11.6 Å². The first kappa shape index (κ1) is 7.98. The third-order valence-electron chi connectivity index (χ3n) is 1.80. The van der Waals surface area contributed by atoms with Gasteiger partial charge < -0.3 is 4.74 Å². The Morgan fingerprint density at radius 2 is 1.73 bits per heavy atom. The van der Waals surface area contributed by atoms with Gasteiger partial charge in [-0.15, -0.1) is 0 Å². The second-order valence-electron chi connectivity index (χ2n) is 2.50. The quantitative estimate of drug-likeness (QED) is 0.562. The molecule has 3 heteroatoms. The van der Waals surface area contributed by atoms with Crippen LogP contribution in [0.25, 0.3) is 0 Å². The van der Waals surface area contributed by atoms with Crippen LogP contribution in [0.15, 0.2) is 11.3 Å². The van der Waals surface area contributed by atoms with Crippen LogP contribution < -0.4 is 0 Å². The highest BCUT2D eigenvalue weighted by Gasteiger charge is 2.24. The van der Waals surface area contributed by atoms with Crippen LogP contribution >= 0.6 is 0 Å². The van der Waals surface area contributed by atoms with Crippen molar-refractivity contribution in [2.24, 2.45) is 0 Å². The number of rotatable bonds is 1. The second kappa shape index (κ2) is 2.86. The third kappa shape index (κ3) is 1.31. The second-order valence-corrected chi connectivity index (χ2v) is 2.50. The summed E-state index contributed by atoms with van der Waals surface area (Å²) in [5.74, 6) is 0.187. The molecule has 0 atom stereocenters. The zero-order valence-corrected chi connectivity index (χ0v) is 6.64. The minimum Gasteiger partial charge on any atom is -0.493 e. The highest BCUT2D eigenvalue weighted by atomic mass is 16.5. The Balaban J connectivity index is 3.03. The lowest BCUT2D eigenvalue weighted by Crippen LogP contribution is -2.18. The van der Waals surface area contributed by atoms with Gasteiger partial charge in [-0.1, -0.05) is 0 Å². The predicted octanol–water partition coefficient (Wildman–Crippen LogP) is 0.839. The van der Waals surface area contributed by atoms with Crippen molar-refractivity contribution in [3.63, 3.8) is 0 Å². The molecule has 0 spiro atoms. The van der Waals surface area contributed by atoms with Crippen molar-refractivity contribution in [3.05, 3.63) is 11.3 Å². The van der Waals surface area contributed by atoms with Crippen LogP contribution in [0.2, 0.25) is 0 Å². The number of carbonyl (C=O) groups is 2. The van der Waals surface area contributed by atoms with Crippen LogP contribution in [-0.2, 0) is 14.3 Å². The summed E-state index contributed by atoms with van der Waals surface area (Å²) in [7, 11) is 1.41. The smallest absolute Gasteiger partial charge is 0.198 e. The number of methoxy groups -OCH3 is 1. The average molecular weight is 154 g/mol. The summed E-state index contributed by atoms with van der Waals surface area (Å²) in [6.07, 6.45) is 0.622. The van der Waals surface area contributed by atoms with E-state index in [9.17, 15) is 9.59 Å². The van der Waals surface area contributed by atoms with Crippen molar-refractivity contribution < 1.29 is 14.3 Å². The van der Waals surface area contributed by atoms with Gasteiger partial charge in [0, 0.05) is 18.4 Å². The minimum absolute atomic E-state index is 0.0152. The lowest BCUT2D eigenvalue weighted by Gasteiger charge is -2.13. The van der Waals surface area contributed by atoms with Crippen LogP contribution in [0, 0.1) is 0 Å². The molecule has 0 amide bonds. The Morgan fingerprint density at radius 1 is 1.18 bits per heavy atom. The summed E-state index contributed by atoms with van der Waals surface area (Å²) in [6.45, 7) is 1.62. The minimum atomic E-state index is -0.0652. The van der Waals surface area contributed by atoms with Crippen molar-refractivity contribution in [1.29, 1.82) is 0 Å². The SMILES string of the molecule is COC1=C(C)C(=O)CCC1=O.